The van der Waals surface area contributed by atoms with Gasteiger partial charge in [-0.15, -0.1) is 0 Å². The number of hydrogen-bond acceptors (Lipinski definition) is 5. The van der Waals surface area contributed by atoms with Crippen LogP contribution in [0.2, 0.25) is 0 Å². The van der Waals surface area contributed by atoms with E-state index in [9.17, 15) is 4.79 Å². The predicted octanol–water partition coefficient (Wildman–Crippen LogP) is 3.40. The number of carbonyl (C=O) groups excluding carboxylic acids is 1. The molecular weight excluding hydrogens is 424 g/mol. The van der Waals surface area contributed by atoms with Crippen LogP contribution in [0, 0.1) is 63.7 Å². The quantitative estimate of drug-likeness (QED) is 0.689. The molecule has 30 heavy (non-hydrogen) atoms. The molecule has 4 rings (SSSR count). The molecule has 6 nitrogen and oxygen atoms in total. The minimum atomic E-state index is -0.153. The van der Waals surface area contributed by atoms with Gasteiger partial charge in [0.05, 0.1) is 26.7 Å². The van der Waals surface area contributed by atoms with Crippen LogP contribution in [-0.2, 0) is 28.4 Å². The fourth-order valence-corrected chi connectivity index (χ4v) is 2.65. The normalized spacial score (nSPS) is 15.7. The standard InChI is InChI=1S/C18H17N2O4.C5H5.Fe/c1-22-13-7-8-15(17(10-13)23-2)16-9-14(24-20-16)11-19-18(21)12-5-3-4-6-12;1-2-4-5-3-1;/h3-10H,11H2,1-2H3,(H,19,21);1-5H;/q;;+3. The van der Waals surface area contributed by atoms with Crippen molar-refractivity contribution in [3.8, 4) is 22.8 Å². The predicted molar refractivity (Wildman–Crippen MR) is 109 cm³/mol. The second-order valence-corrected chi connectivity index (χ2v) is 6.06. The maximum Gasteiger partial charge on any atom is 3.00 e. The van der Waals surface area contributed by atoms with Crippen LogP contribution in [0.5, 0.6) is 11.5 Å². The zero-order valence-electron chi connectivity index (χ0n) is 16.6. The van der Waals surface area contributed by atoms with Gasteiger partial charge in [0.1, 0.15) is 17.2 Å². The Bertz CT molecular complexity index is 776. The number of hydrogen-bond donors (Lipinski definition) is 1. The number of rotatable bonds is 6. The average Bonchev–Trinajstić information content (AvgIpc) is 3.54. The molecule has 1 aromatic heterocycles. The minimum absolute atomic E-state index is 0. The second kappa shape index (κ2) is 12.7. The number of amides is 1. The van der Waals surface area contributed by atoms with E-state index in [-0.39, 0.29) is 29.5 Å². The fourth-order valence-electron chi connectivity index (χ4n) is 2.65. The topological polar surface area (TPSA) is 73.6 Å². The molecule has 2 aromatic rings. The van der Waals surface area contributed by atoms with Crippen molar-refractivity contribution in [2.75, 3.05) is 14.2 Å². The van der Waals surface area contributed by atoms with E-state index in [1.165, 1.54) is 0 Å². The Morgan fingerprint density at radius 3 is 2.23 bits per heavy atom. The summed E-state index contributed by atoms with van der Waals surface area (Å²) in [5.74, 6) is 2.35. The first-order valence-corrected chi connectivity index (χ1v) is 9.06. The van der Waals surface area contributed by atoms with Crippen molar-refractivity contribution in [1.29, 1.82) is 0 Å². The van der Waals surface area contributed by atoms with Gasteiger partial charge in [0, 0.05) is 17.7 Å². The Morgan fingerprint density at radius 1 is 0.967 bits per heavy atom. The molecule has 2 aliphatic carbocycles. The van der Waals surface area contributed by atoms with E-state index >= 15 is 0 Å². The van der Waals surface area contributed by atoms with Crippen LogP contribution in [0.1, 0.15) is 5.76 Å². The summed E-state index contributed by atoms with van der Waals surface area (Å²) in [6.45, 7) is 0.259. The van der Waals surface area contributed by atoms with Gasteiger partial charge in [-0.2, -0.15) is 0 Å². The van der Waals surface area contributed by atoms with Crippen LogP contribution in [0.25, 0.3) is 11.3 Å². The summed E-state index contributed by atoms with van der Waals surface area (Å²) in [5.41, 5.74) is 1.42. The molecule has 1 heterocycles. The summed E-state index contributed by atoms with van der Waals surface area (Å²) in [6.07, 6.45) is 17.1. The number of methoxy groups -OCH3 is 2. The first-order chi connectivity index (χ1) is 14.2. The van der Waals surface area contributed by atoms with Crippen molar-refractivity contribution >= 4 is 5.91 Å². The third-order valence-corrected chi connectivity index (χ3v) is 4.15. The molecule has 1 N–H and O–H groups in total. The molecule has 0 aliphatic heterocycles. The maximum atomic E-state index is 11.9. The molecule has 1 amide bonds. The van der Waals surface area contributed by atoms with E-state index in [1.807, 2.05) is 57.1 Å². The van der Waals surface area contributed by atoms with E-state index in [4.69, 9.17) is 14.0 Å². The van der Waals surface area contributed by atoms with Gasteiger partial charge in [-0.05, 0) is 69.9 Å². The largest absolute Gasteiger partial charge is 3.00 e. The van der Waals surface area contributed by atoms with Gasteiger partial charge >= 0.3 is 17.1 Å². The van der Waals surface area contributed by atoms with Crippen LogP contribution in [0.4, 0.5) is 0 Å². The molecule has 1 aromatic carbocycles. The molecule has 2 aliphatic rings. The van der Waals surface area contributed by atoms with E-state index < -0.39 is 0 Å². The summed E-state index contributed by atoms with van der Waals surface area (Å²) in [6, 6.07) is 7.22. The fraction of sp³-hybridized carbons (Fsp3) is 0.130. The first-order valence-electron chi connectivity index (χ1n) is 9.06. The molecule has 2 fully saturated rings. The van der Waals surface area contributed by atoms with Crippen molar-refractivity contribution < 1.29 is 35.9 Å². The zero-order valence-corrected chi connectivity index (χ0v) is 17.8. The van der Waals surface area contributed by atoms with Crippen molar-refractivity contribution in [2.24, 2.45) is 0 Å². The molecule has 0 bridgehead atoms. The van der Waals surface area contributed by atoms with Crippen molar-refractivity contribution in [1.82, 2.24) is 10.5 Å². The third kappa shape index (κ3) is 6.78. The molecule has 153 valence electrons. The summed E-state index contributed by atoms with van der Waals surface area (Å²) in [7, 11) is 3.18. The van der Waals surface area contributed by atoms with E-state index in [2.05, 4.69) is 10.5 Å². The van der Waals surface area contributed by atoms with Gasteiger partial charge in [-0.1, -0.05) is 5.16 Å². The van der Waals surface area contributed by atoms with E-state index in [1.54, 1.807) is 39.2 Å². The summed E-state index contributed by atoms with van der Waals surface area (Å²) in [4.78, 5) is 11.9. The molecule has 7 heteroatoms. The molecule has 2 saturated carbocycles. The van der Waals surface area contributed by atoms with Gasteiger partial charge < -0.3 is 19.3 Å². The minimum Gasteiger partial charge on any atom is -0.497 e. The van der Waals surface area contributed by atoms with Crippen LogP contribution in [0.15, 0.2) is 28.8 Å². The van der Waals surface area contributed by atoms with Gasteiger partial charge in [0.25, 0.3) is 0 Å². The summed E-state index contributed by atoms with van der Waals surface area (Å²) < 4.78 is 15.8. The van der Waals surface area contributed by atoms with Crippen molar-refractivity contribution in [3.63, 3.8) is 0 Å². The van der Waals surface area contributed by atoms with Crippen molar-refractivity contribution in [2.45, 2.75) is 6.54 Å². The smallest absolute Gasteiger partial charge is 0.497 e. The van der Waals surface area contributed by atoms with Gasteiger partial charge in [0.15, 0.2) is 5.76 Å². The van der Waals surface area contributed by atoms with Crippen LogP contribution in [-0.4, -0.2) is 25.3 Å². The van der Waals surface area contributed by atoms with Crippen LogP contribution >= 0.6 is 0 Å². The van der Waals surface area contributed by atoms with Gasteiger partial charge in [-0.3, -0.25) is 4.79 Å². The Labute approximate surface area is 189 Å². The molecule has 0 unspecified atom stereocenters. The van der Waals surface area contributed by atoms with Gasteiger partial charge in [0.2, 0.25) is 5.91 Å². The van der Waals surface area contributed by atoms with Crippen LogP contribution < -0.4 is 14.8 Å². The number of nitrogens with zero attached hydrogens (tertiary/aromatic N) is 1. The molecule has 0 saturated heterocycles. The number of aromatic nitrogens is 1. The number of ether oxygens (including phenoxy) is 2. The summed E-state index contributed by atoms with van der Waals surface area (Å²) in [5, 5.41) is 6.83. The Balaban J connectivity index is 0.000000468. The summed E-state index contributed by atoms with van der Waals surface area (Å²) >= 11 is 0. The SMILES string of the molecule is COc1ccc(-c2cc(CNC(=O)[C]3[CH][CH][CH][CH]3)on2)c(OC)c1.[CH]1[CH][CH][CH][CH]1.[Fe+3]. The molecule has 11 radical (unpaired) electrons. The van der Waals surface area contributed by atoms with Crippen molar-refractivity contribution in [3.05, 3.63) is 93.7 Å². The Kier molecular flexibility index (Phi) is 10.2. The molecule has 0 atom stereocenters. The first kappa shape index (κ1) is 24.3. The molecular formula is C23H22FeN2O4+3. The van der Waals surface area contributed by atoms with Crippen LogP contribution in [0.3, 0.4) is 0 Å². The molecule has 0 spiro atoms. The van der Waals surface area contributed by atoms with Gasteiger partial charge in [-0.25, -0.2) is 0 Å². The maximum absolute atomic E-state index is 11.9. The van der Waals surface area contributed by atoms with E-state index in [0.717, 1.165) is 5.56 Å². The third-order valence-electron chi connectivity index (χ3n) is 4.15. The number of nitrogens with one attached hydrogen (secondary N) is 1. The second-order valence-electron chi connectivity index (χ2n) is 6.06. The monoisotopic (exact) mass is 446 g/mol. The Hall–Kier alpha value is -1.98. The van der Waals surface area contributed by atoms with E-state index in [0.29, 0.717) is 28.9 Å². The number of benzene rings is 1. The number of carbonyl (C=O) groups is 1. The zero-order chi connectivity index (χ0) is 20.5. The average molecular weight is 446 g/mol. The Morgan fingerprint density at radius 2 is 1.63 bits per heavy atom.